The Balaban J connectivity index is 1.65. The highest BCUT2D eigenvalue weighted by molar-refractivity contribution is 6.33. The predicted octanol–water partition coefficient (Wildman–Crippen LogP) is 2.22. The molecule has 0 saturated carbocycles. The van der Waals surface area contributed by atoms with Crippen molar-refractivity contribution in [3.63, 3.8) is 0 Å². The lowest BCUT2D eigenvalue weighted by Crippen LogP contribution is -2.59. The van der Waals surface area contributed by atoms with Crippen molar-refractivity contribution in [2.45, 2.75) is 31.0 Å². The van der Waals surface area contributed by atoms with E-state index in [0.29, 0.717) is 35.7 Å². The van der Waals surface area contributed by atoms with Gasteiger partial charge in [-0.25, -0.2) is 4.79 Å². The Morgan fingerprint density at radius 3 is 2.49 bits per heavy atom. The second-order valence-electron chi connectivity index (χ2n) is 8.02. The standard InChI is InChI=1S/C24H29ClN4O6/c1-33-20-11-17(26)16(25)10-15(20)23(31)29-18-8-9-27-19(22(18)34-2)12-21(30)28-14-6-4-13(5-7-14)24(32)35-3/h4-7,10-11,18-19,22,27H,8-9,12,26H2,1-3H3,(H,28,30)(H,29,31)/t18-,19?,22-/m1/s1. The summed E-state index contributed by atoms with van der Waals surface area (Å²) in [7, 11) is 4.28. The summed E-state index contributed by atoms with van der Waals surface area (Å²) < 4.78 is 15.6. The second-order valence-corrected chi connectivity index (χ2v) is 8.43. The van der Waals surface area contributed by atoms with Crippen molar-refractivity contribution in [3.05, 3.63) is 52.5 Å². The number of methoxy groups -OCH3 is 3. The van der Waals surface area contributed by atoms with Gasteiger partial charge in [-0.15, -0.1) is 0 Å². The van der Waals surface area contributed by atoms with Crippen molar-refractivity contribution >= 4 is 40.8 Å². The largest absolute Gasteiger partial charge is 0.496 e. The molecular weight excluding hydrogens is 476 g/mol. The third-order valence-corrected chi connectivity index (χ3v) is 6.13. The molecule has 2 aromatic rings. The van der Waals surface area contributed by atoms with Gasteiger partial charge in [0.1, 0.15) is 5.75 Å². The molecule has 1 fully saturated rings. The molecule has 1 aliphatic rings. The number of benzene rings is 2. The van der Waals surface area contributed by atoms with Gasteiger partial charge in [0, 0.05) is 31.3 Å². The molecule has 2 aromatic carbocycles. The molecule has 5 N–H and O–H groups in total. The van der Waals surface area contributed by atoms with Crippen molar-refractivity contribution in [2.24, 2.45) is 0 Å². The van der Waals surface area contributed by atoms with Gasteiger partial charge < -0.3 is 35.9 Å². The first-order chi connectivity index (χ1) is 16.8. The number of hydrogen-bond acceptors (Lipinski definition) is 8. The Morgan fingerprint density at radius 2 is 1.86 bits per heavy atom. The van der Waals surface area contributed by atoms with Crippen molar-refractivity contribution in [3.8, 4) is 5.75 Å². The van der Waals surface area contributed by atoms with Crippen LogP contribution in [0.5, 0.6) is 5.75 Å². The Labute approximate surface area is 208 Å². The van der Waals surface area contributed by atoms with E-state index >= 15 is 0 Å². The summed E-state index contributed by atoms with van der Waals surface area (Å²) in [6.45, 7) is 0.580. The highest BCUT2D eigenvalue weighted by Crippen LogP contribution is 2.29. The van der Waals surface area contributed by atoms with Gasteiger partial charge >= 0.3 is 5.97 Å². The lowest BCUT2D eigenvalue weighted by molar-refractivity contribution is -0.118. The maximum Gasteiger partial charge on any atom is 0.337 e. The van der Waals surface area contributed by atoms with Gasteiger partial charge in [-0.1, -0.05) is 11.6 Å². The molecule has 1 saturated heterocycles. The Hall–Kier alpha value is -3.34. The number of nitrogens with two attached hydrogens (primary N) is 1. The number of carbonyl (C=O) groups excluding carboxylic acids is 3. The summed E-state index contributed by atoms with van der Waals surface area (Å²) >= 11 is 6.10. The van der Waals surface area contributed by atoms with Gasteiger partial charge in [-0.05, 0) is 43.3 Å². The number of rotatable bonds is 8. The number of carbonyl (C=O) groups is 3. The monoisotopic (exact) mass is 504 g/mol. The van der Waals surface area contributed by atoms with Crippen LogP contribution in [0.1, 0.15) is 33.6 Å². The fourth-order valence-electron chi connectivity index (χ4n) is 4.04. The number of nitrogen functional groups attached to an aromatic ring is 1. The summed E-state index contributed by atoms with van der Waals surface area (Å²) in [6, 6.07) is 8.66. The first kappa shape index (κ1) is 26.3. The molecule has 1 aliphatic heterocycles. The summed E-state index contributed by atoms with van der Waals surface area (Å²) in [5.74, 6) is -0.772. The molecule has 1 unspecified atom stereocenters. The average Bonchev–Trinajstić information content (AvgIpc) is 2.85. The molecule has 0 aliphatic carbocycles. The summed E-state index contributed by atoms with van der Waals surface area (Å²) in [6.07, 6.45) is 0.249. The Kier molecular flexibility index (Phi) is 8.91. The minimum atomic E-state index is -0.463. The normalized spacial score (nSPS) is 19.5. The lowest BCUT2D eigenvalue weighted by Gasteiger charge is -2.38. The average molecular weight is 505 g/mol. The van der Waals surface area contributed by atoms with Crippen molar-refractivity contribution in [2.75, 3.05) is 38.9 Å². The SMILES string of the molecule is COC(=O)c1ccc(NC(=O)CC2NCC[C@@H](NC(=O)c3cc(Cl)c(N)cc3OC)[C@H]2OC)cc1. The van der Waals surface area contributed by atoms with Crippen LogP contribution in [0.15, 0.2) is 36.4 Å². The fourth-order valence-corrected chi connectivity index (χ4v) is 4.20. The van der Waals surface area contributed by atoms with Gasteiger partial charge in [0.05, 0.1) is 48.2 Å². The first-order valence-corrected chi connectivity index (χ1v) is 11.3. The number of hydrogen-bond donors (Lipinski definition) is 4. The van der Waals surface area contributed by atoms with Crippen LogP contribution in [-0.2, 0) is 14.3 Å². The van der Waals surface area contributed by atoms with Crippen LogP contribution in [-0.4, -0.2) is 63.8 Å². The predicted molar refractivity (Wildman–Crippen MR) is 132 cm³/mol. The van der Waals surface area contributed by atoms with E-state index in [1.165, 1.54) is 33.5 Å². The molecule has 188 valence electrons. The smallest absolute Gasteiger partial charge is 0.337 e. The van der Waals surface area contributed by atoms with Crippen LogP contribution in [0.2, 0.25) is 5.02 Å². The summed E-state index contributed by atoms with van der Waals surface area (Å²) in [4.78, 5) is 37.3. The van der Waals surface area contributed by atoms with Gasteiger partial charge in [0.2, 0.25) is 5.91 Å². The molecule has 11 heteroatoms. The number of halogens is 1. The van der Waals surface area contributed by atoms with E-state index in [4.69, 9.17) is 26.8 Å². The molecule has 2 amide bonds. The molecule has 3 rings (SSSR count). The third kappa shape index (κ3) is 6.41. The van der Waals surface area contributed by atoms with Crippen LogP contribution < -0.4 is 26.4 Å². The minimum absolute atomic E-state index is 0.112. The Bertz CT molecular complexity index is 1080. The van der Waals surface area contributed by atoms with Gasteiger partial charge in [0.25, 0.3) is 5.91 Å². The maximum absolute atomic E-state index is 13.0. The second kappa shape index (κ2) is 11.9. The van der Waals surface area contributed by atoms with E-state index in [0.717, 1.165) is 0 Å². The summed E-state index contributed by atoms with van der Waals surface area (Å²) in [5, 5.41) is 9.32. The topological polar surface area (TPSA) is 141 Å². The van der Waals surface area contributed by atoms with Gasteiger partial charge in [-0.3, -0.25) is 9.59 Å². The maximum atomic E-state index is 13.0. The van der Waals surface area contributed by atoms with Crippen LogP contribution in [0, 0.1) is 0 Å². The number of ether oxygens (including phenoxy) is 3. The van der Waals surface area contributed by atoms with E-state index in [9.17, 15) is 14.4 Å². The van der Waals surface area contributed by atoms with Crippen LogP contribution in [0.25, 0.3) is 0 Å². The number of anilines is 2. The molecular formula is C24H29ClN4O6. The Morgan fingerprint density at radius 1 is 1.14 bits per heavy atom. The van der Waals surface area contributed by atoms with E-state index in [1.54, 1.807) is 24.3 Å². The first-order valence-electron chi connectivity index (χ1n) is 11.0. The molecule has 35 heavy (non-hydrogen) atoms. The quantitative estimate of drug-likeness (QED) is 0.317. The molecule has 0 bridgehead atoms. The molecule has 0 aromatic heterocycles. The van der Waals surface area contributed by atoms with Crippen LogP contribution in [0.3, 0.4) is 0 Å². The van der Waals surface area contributed by atoms with E-state index in [2.05, 4.69) is 20.7 Å². The van der Waals surface area contributed by atoms with Gasteiger partial charge in [0.15, 0.2) is 0 Å². The zero-order valence-corrected chi connectivity index (χ0v) is 20.5. The fraction of sp³-hybridized carbons (Fsp3) is 0.375. The van der Waals surface area contributed by atoms with E-state index in [1.807, 2.05) is 0 Å². The minimum Gasteiger partial charge on any atom is -0.496 e. The molecule has 10 nitrogen and oxygen atoms in total. The summed E-state index contributed by atoms with van der Waals surface area (Å²) in [5.41, 5.74) is 7.30. The number of piperidine rings is 1. The van der Waals surface area contributed by atoms with Crippen molar-refractivity contribution in [1.82, 2.24) is 10.6 Å². The zero-order valence-electron chi connectivity index (χ0n) is 19.7. The molecule has 0 spiro atoms. The van der Waals surface area contributed by atoms with E-state index in [-0.39, 0.29) is 40.9 Å². The van der Waals surface area contributed by atoms with Crippen molar-refractivity contribution in [1.29, 1.82) is 0 Å². The highest BCUT2D eigenvalue weighted by atomic mass is 35.5. The number of esters is 1. The molecule has 0 radical (unpaired) electrons. The van der Waals surface area contributed by atoms with E-state index < -0.39 is 12.1 Å². The van der Waals surface area contributed by atoms with Gasteiger partial charge in [-0.2, -0.15) is 0 Å². The highest BCUT2D eigenvalue weighted by Gasteiger charge is 2.36. The molecule has 1 heterocycles. The lowest BCUT2D eigenvalue weighted by atomic mass is 9.92. The van der Waals surface area contributed by atoms with Crippen LogP contribution in [0.4, 0.5) is 11.4 Å². The zero-order chi connectivity index (χ0) is 25.5. The third-order valence-electron chi connectivity index (χ3n) is 5.80. The van der Waals surface area contributed by atoms with Crippen molar-refractivity contribution < 1.29 is 28.6 Å². The van der Waals surface area contributed by atoms with Crippen LogP contribution >= 0.6 is 11.6 Å². The number of nitrogens with one attached hydrogen (secondary N) is 3. The molecule has 3 atom stereocenters. The number of amides is 2.